The maximum Gasteiger partial charge on any atom is 0.0396 e. The van der Waals surface area contributed by atoms with Gasteiger partial charge in [0.2, 0.25) is 0 Å². The van der Waals surface area contributed by atoms with E-state index in [1.54, 1.807) is 0 Å². The molecule has 0 amide bonds. The molecule has 2 aromatic rings. The van der Waals surface area contributed by atoms with Crippen molar-refractivity contribution in [2.45, 2.75) is 41.5 Å². The minimum absolute atomic E-state index is 0.790. The van der Waals surface area contributed by atoms with E-state index in [0.717, 1.165) is 35.5 Å². The second-order valence-electron chi connectivity index (χ2n) is 5.82. The normalized spacial score (nSPS) is 9.60. The molecule has 0 saturated carbocycles. The van der Waals surface area contributed by atoms with Gasteiger partial charge in [-0.25, -0.2) is 0 Å². The van der Waals surface area contributed by atoms with Crippen molar-refractivity contribution >= 4 is 11.3 Å². The van der Waals surface area contributed by atoms with Crippen LogP contribution in [0.1, 0.15) is 49.9 Å². The van der Waals surface area contributed by atoms with Gasteiger partial charge in [0.15, 0.2) is 0 Å². The molecule has 2 heteroatoms. The number of benzene rings is 2. The zero-order valence-electron chi connectivity index (χ0n) is 17.2. The predicted molar refractivity (Wildman–Crippen MR) is 115 cm³/mol. The molecule has 0 aromatic heterocycles. The van der Waals surface area contributed by atoms with Gasteiger partial charge < -0.3 is 10.6 Å². The maximum atomic E-state index is 6.05. The fourth-order valence-electron chi connectivity index (χ4n) is 2.37. The van der Waals surface area contributed by atoms with Gasteiger partial charge in [-0.05, 0) is 62.3 Å². The van der Waals surface area contributed by atoms with Crippen molar-refractivity contribution in [2.24, 2.45) is 0 Å². The van der Waals surface area contributed by atoms with Crippen LogP contribution in [0.25, 0.3) is 5.57 Å². The van der Waals surface area contributed by atoms with E-state index in [0.29, 0.717) is 0 Å². The number of anilines is 1. The Kier molecular flexibility index (Phi) is 11.3. The summed E-state index contributed by atoms with van der Waals surface area (Å²) in [6, 6.07) is 14.2. The first kappa shape index (κ1) is 22.9. The van der Waals surface area contributed by atoms with E-state index in [-0.39, 0.29) is 0 Å². The fourth-order valence-corrected chi connectivity index (χ4v) is 2.37. The number of hydrogen-bond acceptors (Lipinski definition) is 2. The lowest BCUT2D eigenvalue weighted by Crippen LogP contribution is -2.15. The summed E-state index contributed by atoms with van der Waals surface area (Å²) in [5.41, 5.74) is 12.4. The Morgan fingerprint density at radius 2 is 1.44 bits per heavy atom. The third-order valence-electron chi connectivity index (χ3n) is 4.16. The number of nitrogens with two attached hydrogens (primary N) is 1. The highest BCUT2D eigenvalue weighted by Gasteiger charge is 2.10. The SMILES string of the molecule is C=C(c1ccccc1C)c1c(C)cccc1N.CC.CCN(C)CC. The molecule has 0 saturated heterocycles. The van der Waals surface area contributed by atoms with Gasteiger partial charge in [0.25, 0.3) is 0 Å². The largest absolute Gasteiger partial charge is 0.398 e. The monoisotopic (exact) mass is 340 g/mol. The lowest BCUT2D eigenvalue weighted by molar-refractivity contribution is 0.373. The van der Waals surface area contributed by atoms with E-state index in [1.165, 1.54) is 11.1 Å². The van der Waals surface area contributed by atoms with Crippen LogP contribution in [0.5, 0.6) is 0 Å². The summed E-state index contributed by atoms with van der Waals surface area (Å²) in [4.78, 5) is 2.25. The van der Waals surface area contributed by atoms with Crippen molar-refractivity contribution in [1.29, 1.82) is 0 Å². The van der Waals surface area contributed by atoms with E-state index in [2.05, 4.69) is 64.4 Å². The molecular weight excluding hydrogens is 304 g/mol. The van der Waals surface area contributed by atoms with E-state index in [1.807, 2.05) is 38.1 Å². The van der Waals surface area contributed by atoms with E-state index < -0.39 is 0 Å². The topological polar surface area (TPSA) is 29.3 Å². The van der Waals surface area contributed by atoms with Crippen LogP contribution in [0, 0.1) is 13.8 Å². The summed E-state index contributed by atoms with van der Waals surface area (Å²) >= 11 is 0. The first-order chi connectivity index (χ1) is 11.9. The lowest BCUT2D eigenvalue weighted by Gasteiger charge is -2.14. The quantitative estimate of drug-likeness (QED) is 0.699. The highest BCUT2D eigenvalue weighted by molar-refractivity contribution is 5.86. The zero-order chi connectivity index (χ0) is 19.4. The summed E-state index contributed by atoms with van der Waals surface area (Å²) in [7, 11) is 2.11. The first-order valence-electron chi connectivity index (χ1n) is 9.21. The predicted octanol–water partition coefficient (Wildman–Crippen LogP) is 5.93. The van der Waals surface area contributed by atoms with Gasteiger partial charge in [0.05, 0.1) is 0 Å². The maximum absolute atomic E-state index is 6.05. The minimum atomic E-state index is 0.790. The van der Waals surface area contributed by atoms with E-state index >= 15 is 0 Å². The van der Waals surface area contributed by atoms with Gasteiger partial charge in [-0.15, -0.1) is 0 Å². The number of nitrogens with zero attached hydrogens (tertiary/aromatic N) is 1. The van der Waals surface area contributed by atoms with Crippen LogP contribution in [0.3, 0.4) is 0 Å². The average molecular weight is 341 g/mol. The third-order valence-corrected chi connectivity index (χ3v) is 4.16. The Balaban J connectivity index is 0.000000614. The Labute approximate surface area is 155 Å². The summed E-state index contributed by atoms with van der Waals surface area (Å²) in [6.07, 6.45) is 0. The highest BCUT2D eigenvalue weighted by Crippen LogP contribution is 2.30. The van der Waals surface area contributed by atoms with Crippen LogP contribution in [0.15, 0.2) is 49.0 Å². The molecule has 0 radical (unpaired) electrons. The van der Waals surface area contributed by atoms with E-state index in [9.17, 15) is 0 Å². The molecule has 2 nitrogen and oxygen atoms in total. The second kappa shape index (κ2) is 12.3. The Morgan fingerprint density at radius 1 is 0.920 bits per heavy atom. The van der Waals surface area contributed by atoms with Crippen LogP contribution in [0.2, 0.25) is 0 Å². The van der Waals surface area contributed by atoms with Crippen molar-refractivity contribution < 1.29 is 0 Å². The summed E-state index contributed by atoms with van der Waals surface area (Å²) < 4.78 is 0. The fraction of sp³-hybridized carbons (Fsp3) is 0.391. The zero-order valence-corrected chi connectivity index (χ0v) is 17.2. The molecule has 0 spiro atoms. The molecule has 2 rings (SSSR count). The van der Waals surface area contributed by atoms with Gasteiger partial charge in [-0.3, -0.25) is 0 Å². The van der Waals surface area contributed by atoms with Gasteiger partial charge in [0.1, 0.15) is 0 Å². The van der Waals surface area contributed by atoms with Gasteiger partial charge >= 0.3 is 0 Å². The molecule has 25 heavy (non-hydrogen) atoms. The standard InChI is InChI=1S/C16H17N.C5H13N.C2H6/c1-11-7-4-5-9-14(11)13(3)16-12(2)8-6-10-15(16)17;1-4-6(3)5-2;1-2/h4-10H,3,17H2,1-2H3;4-5H2,1-3H3;1-2H3. The summed E-state index contributed by atoms with van der Waals surface area (Å²) in [6.45, 7) is 19.0. The smallest absolute Gasteiger partial charge is 0.0396 e. The molecule has 0 bridgehead atoms. The molecule has 0 aliphatic heterocycles. The molecule has 0 fully saturated rings. The van der Waals surface area contributed by atoms with Crippen LogP contribution >= 0.6 is 0 Å². The van der Waals surface area contributed by atoms with Crippen molar-refractivity contribution in [3.63, 3.8) is 0 Å². The number of hydrogen-bond donors (Lipinski definition) is 1. The van der Waals surface area contributed by atoms with Crippen molar-refractivity contribution in [1.82, 2.24) is 4.90 Å². The van der Waals surface area contributed by atoms with Crippen LogP contribution < -0.4 is 5.73 Å². The number of rotatable bonds is 4. The molecule has 138 valence electrons. The highest BCUT2D eigenvalue weighted by atomic mass is 15.1. The Hall–Kier alpha value is -2.06. The molecule has 0 aliphatic rings. The van der Waals surface area contributed by atoms with Crippen molar-refractivity contribution in [3.05, 3.63) is 71.3 Å². The van der Waals surface area contributed by atoms with Gasteiger partial charge in [-0.1, -0.05) is 70.7 Å². The number of aryl methyl sites for hydroxylation is 2. The Morgan fingerprint density at radius 3 is 1.88 bits per heavy atom. The summed E-state index contributed by atoms with van der Waals surface area (Å²) in [5, 5.41) is 0. The van der Waals surface area contributed by atoms with Gasteiger partial charge in [0, 0.05) is 11.3 Å². The second-order valence-corrected chi connectivity index (χ2v) is 5.82. The molecule has 0 unspecified atom stereocenters. The number of nitrogen functional groups attached to an aromatic ring is 1. The van der Waals surface area contributed by atoms with Crippen LogP contribution in [0.4, 0.5) is 5.69 Å². The summed E-state index contributed by atoms with van der Waals surface area (Å²) in [5.74, 6) is 0. The van der Waals surface area contributed by atoms with Gasteiger partial charge in [-0.2, -0.15) is 0 Å². The first-order valence-corrected chi connectivity index (χ1v) is 9.21. The lowest BCUT2D eigenvalue weighted by atomic mass is 9.92. The van der Waals surface area contributed by atoms with Crippen molar-refractivity contribution in [3.8, 4) is 0 Å². The van der Waals surface area contributed by atoms with Crippen LogP contribution in [-0.4, -0.2) is 25.0 Å². The molecule has 2 N–H and O–H groups in total. The molecule has 2 aromatic carbocycles. The molecule has 0 heterocycles. The third kappa shape index (κ3) is 7.15. The van der Waals surface area contributed by atoms with Crippen LogP contribution in [-0.2, 0) is 0 Å². The average Bonchev–Trinajstić information content (AvgIpc) is 2.63. The molecular formula is C23H36N2. The van der Waals surface area contributed by atoms with Crippen molar-refractivity contribution in [2.75, 3.05) is 25.9 Å². The van der Waals surface area contributed by atoms with E-state index in [4.69, 9.17) is 5.73 Å². The Bertz CT molecular complexity index is 620. The molecule has 0 atom stereocenters. The minimum Gasteiger partial charge on any atom is -0.398 e. The molecule has 0 aliphatic carbocycles.